The van der Waals surface area contributed by atoms with Crippen molar-refractivity contribution in [2.45, 2.75) is 46.1 Å². The lowest BCUT2D eigenvalue weighted by atomic mass is 9.86. The number of para-hydroxylation sites is 1. The zero-order valence-electron chi connectivity index (χ0n) is 14.1. The van der Waals surface area contributed by atoms with Crippen LogP contribution in [0.4, 0.5) is 5.69 Å². The van der Waals surface area contributed by atoms with E-state index >= 15 is 0 Å². The Hall–Kier alpha value is -2.37. The number of hydrogen-bond acceptors (Lipinski definition) is 3. The van der Waals surface area contributed by atoms with Gasteiger partial charge in [-0.1, -0.05) is 52.8 Å². The number of rotatable bonds is 4. The van der Waals surface area contributed by atoms with Crippen LogP contribution in [0, 0.1) is 5.92 Å². The third-order valence-electron chi connectivity index (χ3n) is 3.41. The van der Waals surface area contributed by atoms with E-state index in [9.17, 15) is 14.4 Å². The molecule has 1 aromatic rings. The maximum Gasteiger partial charge on any atom is 0.326 e. The molecule has 2 amide bonds. The van der Waals surface area contributed by atoms with Gasteiger partial charge in [0, 0.05) is 5.69 Å². The molecule has 6 heteroatoms. The summed E-state index contributed by atoms with van der Waals surface area (Å²) in [5, 5.41) is 13.9. The topological polar surface area (TPSA) is 95.5 Å². The molecule has 3 N–H and O–H groups in total. The summed E-state index contributed by atoms with van der Waals surface area (Å²) in [5.41, 5.74) is 1.22. The van der Waals surface area contributed by atoms with Crippen LogP contribution in [-0.2, 0) is 19.8 Å². The second-order valence-electron chi connectivity index (χ2n) is 6.78. The van der Waals surface area contributed by atoms with Gasteiger partial charge in [0.25, 0.3) is 0 Å². The van der Waals surface area contributed by atoms with E-state index in [4.69, 9.17) is 5.11 Å². The van der Waals surface area contributed by atoms with Crippen LogP contribution in [-0.4, -0.2) is 28.9 Å². The van der Waals surface area contributed by atoms with Gasteiger partial charge in [-0.15, -0.1) is 0 Å². The fourth-order valence-electron chi connectivity index (χ4n) is 2.15. The van der Waals surface area contributed by atoms with E-state index in [1.165, 1.54) is 0 Å². The summed E-state index contributed by atoms with van der Waals surface area (Å²) in [7, 11) is 0. The normalized spacial score (nSPS) is 12.6. The van der Waals surface area contributed by atoms with E-state index in [0.717, 1.165) is 5.56 Å². The highest BCUT2D eigenvalue weighted by atomic mass is 16.4. The molecule has 1 aromatic carbocycles. The first-order valence-corrected chi connectivity index (χ1v) is 7.48. The number of carbonyl (C=O) groups is 3. The smallest absolute Gasteiger partial charge is 0.326 e. The number of amides is 2. The van der Waals surface area contributed by atoms with Crippen LogP contribution in [0.3, 0.4) is 0 Å². The first-order valence-electron chi connectivity index (χ1n) is 7.48. The number of hydrogen-bond donors (Lipinski definition) is 3. The van der Waals surface area contributed by atoms with Gasteiger partial charge in [-0.25, -0.2) is 4.79 Å². The molecular weight excluding hydrogens is 296 g/mol. The van der Waals surface area contributed by atoms with Crippen LogP contribution in [0.5, 0.6) is 0 Å². The van der Waals surface area contributed by atoms with Crippen LogP contribution < -0.4 is 10.6 Å². The molecule has 1 rings (SSSR count). The summed E-state index contributed by atoms with van der Waals surface area (Å²) in [6, 6.07) is 6.10. The Morgan fingerprint density at radius 1 is 1.04 bits per heavy atom. The average Bonchev–Trinajstić information content (AvgIpc) is 2.43. The van der Waals surface area contributed by atoms with Crippen LogP contribution in [0.15, 0.2) is 24.3 Å². The summed E-state index contributed by atoms with van der Waals surface area (Å²) in [6.07, 6.45) is 0. The molecule has 0 radical (unpaired) electrons. The Kier molecular flexibility index (Phi) is 5.90. The summed E-state index contributed by atoms with van der Waals surface area (Å²) in [4.78, 5) is 35.1. The van der Waals surface area contributed by atoms with Crippen molar-refractivity contribution >= 4 is 23.5 Å². The highest BCUT2D eigenvalue weighted by Gasteiger charge is 2.27. The highest BCUT2D eigenvalue weighted by Crippen LogP contribution is 2.29. The third-order valence-corrected chi connectivity index (χ3v) is 3.41. The molecule has 0 aromatic heterocycles. The van der Waals surface area contributed by atoms with E-state index in [-0.39, 0.29) is 11.3 Å². The molecule has 126 valence electrons. The van der Waals surface area contributed by atoms with Gasteiger partial charge in [0.2, 0.25) is 0 Å². The highest BCUT2D eigenvalue weighted by molar-refractivity contribution is 6.40. The van der Waals surface area contributed by atoms with Crippen LogP contribution in [0.1, 0.15) is 40.2 Å². The Labute approximate surface area is 136 Å². The minimum absolute atomic E-state index is 0.206. The van der Waals surface area contributed by atoms with Crippen molar-refractivity contribution in [1.29, 1.82) is 0 Å². The maximum absolute atomic E-state index is 12.1. The molecular formula is C17H24N2O4. The molecule has 0 unspecified atom stereocenters. The van der Waals surface area contributed by atoms with Gasteiger partial charge >= 0.3 is 17.8 Å². The predicted molar refractivity (Wildman–Crippen MR) is 88.2 cm³/mol. The van der Waals surface area contributed by atoms with Gasteiger partial charge in [-0.05, 0) is 23.0 Å². The Morgan fingerprint density at radius 3 is 2.09 bits per heavy atom. The van der Waals surface area contributed by atoms with Crippen molar-refractivity contribution in [2.75, 3.05) is 5.32 Å². The van der Waals surface area contributed by atoms with E-state index < -0.39 is 23.8 Å². The summed E-state index contributed by atoms with van der Waals surface area (Å²) in [6.45, 7) is 9.31. The van der Waals surface area contributed by atoms with Gasteiger partial charge in [0.1, 0.15) is 6.04 Å². The van der Waals surface area contributed by atoms with Gasteiger partial charge < -0.3 is 15.7 Å². The van der Waals surface area contributed by atoms with Gasteiger partial charge in [0.15, 0.2) is 0 Å². The van der Waals surface area contributed by atoms with E-state index in [0.29, 0.717) is 5.69 Å². The van der Waals surface area contributed by atoms with E-state index in [2.05, 4.69) is 10.6 Å². The second kappa shape index (κ2) is 7.26. The number of carboxylic acid groups (broad SMARTS) is 1. The molecule has 0 aliphatic rings. The molecule has 23 heavy (non-hydrogen) atoms. The largest absolute Gasteiger partial charge is 0.480 e. The molecule has 0 fully saturated rings. The van der Waals surface area contributed by atoms with Crippen molar-refractivity contribution < 1.29 is 19.5 Å². The summed E-state index contributed by atoms with van der Waals surface area (Å²) >= 11 is 0. The number of carboxylic acids is 1. The quantitative estimate of drug-likeness (QED) is 0.741. The molecule has 0 aliphatic carbocycles. The van der Waals surface area contributed by atoms with Crippen LogP contribution in [0.2, 0.25) is 0 Å². The molecule has 0 bridgehead atoms. The van der Waals surface area contributed by atoms with E-state index in [1.807, 2.05) is 32.9 Å². The van der Waals surface area contributed by atoms with Crippen LogP contribution in [0.25, 0.3) is 0 Å². The van der Waals surface area contributed by atoms with Crippen molar-refractivity contribution in [1.82, 2.24) is 5.32 Å². The van der Waals surface area contributed by atoms with Gasteiger partial charge in [0.05, 0.1) is 0 Å². The summed E-state index contributed by atoms with van der Waals surface area (Å²) in [5.74, 6) is -3.34. The first kappa shape index (κ1) is 18.7. The Bertz CT molecular complexity index is 603. The zero-order valence-corrected chi connectivity index (χ0v) is 14.1. The average molecular weight is 320 g/mol. The monoisotopic (exact) mass is 320 g/mol. The van der Waals surface area contributed by atoms with Crippen LogP contribution >= 0.6 is 0 Å². The molecule has 0 spiro atoms. The first-order chi connectivity index (χ1) is 10.5. The lowest BCUT2D eigenvalue weighted by Crippen LogP contribution is -2.48. The van der Waals surface area contributed by atoms with Crippen molar-refractivity contribution in [3.63, 3.8) is 0 Å². The predicted octanol–water partition coefficient (Wildman–Crippen LogP) is 2.15. The fourth-order valence-corrected chi connectivity index (χ4v) is 2.15. The van der Waals surface area contributed by atoms with Crippen molar-refractivity contribution in [3.05, 3.63) is 29.8 Å². The maximum atomic E-state index is 12.1. The summed E-state index contributed by atoms with van der Waals surface area (Å²) < 4.78 is 0. The molecule has 0 aliphatic heterocycles. The fraction of sp³-hybridized carbons (Fsp3) is 0.471. The number of carbonyl (C=O) groups excluding carboxylic acids is 2. The third kappa shape index (κ3) is 5.09. The molecule has 0 saturated carbocycles. The number of aliphatic carboxylic acids is 1. The lowest BCUT2D eigenvalue weighted by Gasteiger charge is -2.23. The molecule has 0 heterocycles. The Balaban J connectivity index is 2.89. The minimum atomic E-state index is -1.17. The minimum Gasteiger partial charge on any atom is -0.480 e. The van der Waals surface area contributed by atoms with Gasteiger partial charge in [-0.3, -0.25) is 9.59 Å². The second-order valence-corrected chi connectivity index (χ2v) is 6.78. The number of anilines is 1. The SMILES string of the molecule is CC(C)[C@H](NC(=O)C(=O)Nc1ccccc1C(C)(C)C)C(=O)O. The standard InChI is InChI=1S/C17H24N2O4/c1-10(2)13(16(22)23)19-15(21)14(20)18-12-9-7-6-8-11(12)17(3,4)5/h6-10,13H,1-5H3,(H,18,20)(H,19,21)(H,22,23)/t13-/m0/s1. The van der Waals surface area contributed by atoms with Crippen molar-refractivity contribution in [2.24, 2.45) is 5.92 Å². The molecule has 0 saturated heterocycles. The number of nitrogens with one attached hydrogen (secondary N) is 2. The lowest BCUT2D eigenvalue weighted by molar-refractivity contribution is -0.144. The zero-order chi connectivity index (χ0) is 17.8. The molecule has 1 atom stereocenters. The van der Waals surface area contributed by atoms with E-state index in [1.54, 1.807) is 26.0 Å². The Morgan fingerprint density at radius 2 is 1.61 bits per heavy atom. The number of benzene rings is 1. The van der Waals surface area contributed by atoms with Crippen molar-refractivity contribution in [3.8, 4) is 0 Å². The van der Waals surface area contributed by atoms with Gasteiger partial charge in [-0.2, -0.15) is 0 Å². The molecule has 6 nitrogen and oxygen atoms in total.